The summed E-state index contributed by atoms with van der Waals surface area (Å²) in [6, 6.07) is 72.8. The van der Waals surface area contributed by atoms with Crippen LogP contribution in [0.3, 0.4) is 0 Å². The van der Waals surface area contributed by atoms with Crippen LogP contribution >= 0.6 is 0 Å². The molecule has 1 aliphatic rings. The zero-order valence-corrected chi connectivity index (χ0v) is 37.0. The maximum Gasteiger partial charge on any atom is 0.161 e. The van der Waals surface area contributed by atoms with Crippen LogP contribution in [-0.4, -0.2) is 16.2 Å². The van der Waals surface area contributed by atoms with E-state index in [0.29, 0.717) is 12.4 Å². The van der Waals surface area contributed by atoms with E-state index in [1.807, 2.05) is 24.4 Å². The van der Waals surface area contributed by atoms with Crippen molar-refractivity contribution in [3.63, 3.8) is 0 Å². The highest BCUT2D eigenvalue weighted by Crippen LogP contribution is 2.51. The van der Waals surface area contributed by atoms with Gasteiger partial charge >= 0.3 is 0 Å². The lowest BCUT2D eigenvalue weighted by atomic mass is 9.88. The number of nitrogens with zero attached hydrogens (tertiary/aromatic N) is 4. The molecule has 4 heterocycles. The normalized spacial score (nSPS) is 12.7. The summed E-state index contributed by atoms with van der Waals surface area (Å²) < 4.78 is 15.9. The number of anilines is 4. The van der Waals surface area contributed by atoms with Crippen molar-refractivity contribution in [2.45, 2.75) is 26.2 Å². The monoisotopic (exact) mass is 854 g/mol. The Labute approximate surface area is 384 Å². The van der Waals surface area contributed by atoms with Gasteiger partial charge in [-0.25, -0.2) is 4.98 Å². The van der Waals surface area contributed by atoms with Crippen molar-refractivity contribution in [2.24, 2.45) is 0 Å². The molecule has 0 saturated carbocycles. The van der Waals surface area contributed by atoms with Crippen molar-refractivity contribution in [3.8, 4) is 50.7 Å². The van der Waals surface area contributed by atoms with Crippen LogP contribution in [0, 0.1) is 0 Å². The zero-order valence-electron chi connectivity index (χ0n) is 37.0. The van der Waals surface area contributed by atoms with E-state index in [1.54, 1.807) is 0 Å². The molecule has 0 radical (unpaired) electrons. The predicted molar refractivity (Wildman–Crippen MR) is 272 cm³/mol. The third-order valence-electron chi connectivity index (χ3n) is 12.9. The minimum absolute atomic E-state index is 0.0592. The number of aromatic nitrogens is 2. The lowest BCUT2D eigenvalue weighted by Gasteiger charge is -2.27. The molecular formula is C60H46N4O2. The van der Waals surface area contributed by atoms with Gasteiger partial charge in [-0.15, -0.1) is 0 Å². The Morgan fingerprint density at radius 2 is 1.15 bits per heavy atom. The number of rotatable bonds is 8. The molecule has 12 rings (SSSR count). The van der Waals surface area contributed by atoms with Crippen LogP contribution in [0.25, 0.3) is 72.2 Å². The first-order valence-electron chi connectivity index (χ1n) is 22.5. The van der Waals surface area contributed by atoms with Gasteiger partial charge in [-0.1, -0.05) is 154 Å². The number of hydrogen-bond donors (Lipinski definition) is 0. The second-order valence-corrected chi connectivity index (χ2v) is 18.0. The van der Waals surface area contributed by atoms with Gasteiger partial charge in [0.05, 0.1) is 22.6 Å². The molecular weight excluding hydrogens is 809 g/mol. The van der Waals surface area contributed by atoms with Gasteiger partial charge in [0, 0.05) is 45.9 Å². The summed E-state index contributed by atoms with van der Waals surface area (Å²) in [5.74, 6) is 2.28. The molecule has 0 spiro atoms. The number of para-hydroxylation sites is 4. The van der Waals surface area contributed by atoms with E-state index in [2.05, 4.69) is 223 Å². The quantitative estimate of drug-likeness (QED) is 0.152. The highest BCUT2D eigenvalue weighted by Gasteiger charge is 2.32. The van der Waals surface area contributed by atoms with Crippen molar-refractivity contribution < 1.29 is 9.15 Å². The number of benzene rings is 8. The second kappa shape index (κ2) is 15.7. The minimum Gasteiger partial charge on any atom is -0.457 e. The van der Waals surface area contributed by atoms with Crippen molar-refractivity contribution in [2.75, 3.05) is 16.5 Å². The maximum atomic E-state index is 7.03. The molecule has 0 aliphatic carbocycles. The fourth-order valence-corrected chi connectivity index (χ4v) is 9.65. The van der Waals surface area contributed by atoms with Crippen LogP contribution in [0.1, 0.15) is 26.3 Å². The van der Waals surface area contributed by atoms with Crippen LogP contribution in [0.4, 0.5) is 22.7 Å². The van der Waals surface area contributed by atoms with E-state index in [1.165, 1.54) is 27.8 Å². The van der Waals surface area contributed by atoms with Gasteiger partial charge in [0.2, 0.25) is 0 Å². The van der Waals surface area contributed by atoms with Crippen LogP contribution < -0.4 is 14.5 Å². The summed E-state index contributed by atoms with van der Waals surface area (Å²) in [5, 5.41) is 2.03. The highest BCUT2D eigenvalue weighted by molar-refractivity contribution is 6.16. The van der Waals surface area contributed by atoms with Crippen molar-refractivity contribution in [1.82, 2.24) is 9.55 Å². The Hall–Kier alpha value is -8.35. The second-order valence-electron chi connectivity index (χ2n) is 18.0. The third kappa shape index (κ3) is 6.77. The van der Waals surface area contributed by atoms with Crippen molar-refractivity contribution in [1.29, 1.82) is 0 Å². The molecule has 0 amide bonds. The molecule has 66 heavy (non-hydrogen) atoms. The van der Waals surface area contributed by atoms with Gasteiger partial charge in [0.25, 0.3) is 0 Å². The first-order valence-corrected chi connectivity index (χ1v) is 22.5. The minimum atomic E-state index is -0.0592. The molecule has 0 bridgehead atoms. The van der Waals surface area contributed by atoms with Crippen molar-refractivity contribution >= 4 is 55.7 Å². The molecule has 0 unspecified atom stereocenters. The zero-order chi connectivity index (χ0) is 44.4. The van der Waals surface area contributed by atoms with Crippen molar-refractivity contribution in [3.05, 3.63) is 218 Å². The first kappa shape index (κ1) is 39.3. The molecule has 11 aromatic rings. The van der Waals surface area contributed by atoms with E-state index >= 15 is 0 Å². The number of fused-ring (bicyclic) bond motifs is 6. The molecule has 3 aromatic heterocycles. The summed E-state index contributed by atoms with van der Waals surface area (Å²) in [7, 11) is 0. The van der Waals surface area contributed by atoms with Crippen LogP contribution in [0.5, 0.6) is 11.5 Å². The Bertz CT molecular complexity index is 3530. The lowest BCUT2D eigenvalue weighted by Crippen LogP contribution is -2.25. The molecule has 0 atom stereocenters. The Morgan fingerprint density at radius 1 is 0.515 bits per heavy atom. The summed E-state index contributed by atoms with van der Waals surface area (Å²) in [6.07, 6.45) is 1.91. The van der Waals surface area contributed by atoms with Crippen LogP contribution in [0.2, 0.25) is 0 Å². The summed E-state index contributed by atoms with van der Waals surface area (Å²) >= 11 is 0. The fraction of sp³-hybridized carbons (Fsp3) is 0.0833. The molecule has 6 heteroatoms. The Balaban J connectivity index is 0.998. The fourth-order valence-electron chi connectivity index (χ4n) is 9.65. The van der Waals surface area contributed by atoms with E-state index < -0.39 is 0 Å². The Kier molecular flexibility index (Phi) is 9.35. The van der Waals surface area contributed by atoms with E-state index in [4.69, 9.17) is 14.1 Å². The molecule has 8 aromatic carbocycles. The number of furan rings is 1. The first-order chi connectivity index (χ1) is 32.4. The van der Waals surface area contributed by atoms with E-state index in [0.717, 1.165) is 78.4 Å². The number of pyridine rings is 1. The highest BCUT2D eigenvalue weighted by atomic mass is 16.5. The van der Waals surface area contributed by atoms with Gasteiger partial charge < -0.3 is 19.0 Å². The maximum absolute atomic E-state index is 7.03. The average molecular weight is 855 g/mol. The largest absolute Gasteiger partial charge is 0.457 e. The van der Waals surface area contributed by atoms with E-state index in [-0.39, 0.29) is 5.41 Å². The molecule has 0 saturated heterocycles. The summed E-state index contributed by atoms with van der Waals surface area (Å²) in [4.78, 5) is 9.84. The van der Waals surface area contributed by atoms with Gasteiger partial charge in [0.15, 0.2) is 5.58 Å². The average Bonchev–Trinajstić information content (AvgIpc) is 4.03. The summed E-state index contributed by atoms with van der Waals surface area (Å²) in [6.45, 7) is 7.29. The number of hydrogen-bond acceptors (Lipinski definition) is 5. The van der Waals surface area contributed by atoms with E-state index in [9.17, 15) is 0 Å². The molecule has 6 nitrogen and oxygen atoms in total. The van der Waals surface area contributed by atoms with Gasteiger partial charge in [-0.2, -0.15) is 0 Å². The molecule has 318 valence electrons. The van der Waals surface area contributed by atoms with Crippen LogP contribution in [-0.2, 0) is 5.41 Å². The summed E-state index contributed by atoms with van der Waals surface area (Å²) in [5.41, 5.74) is 16.1. The number of ether oxygens (including phenoxy) is 1. The smallest absolute Gasteiger partial charge is 0.161 e. The van der Waals surface area contributed by atoms with Crippen LogP contribution in [0.15, 0.2) is 217 Å². The topological polar surface area (TPSA) is 46.7 Å². The van der Waals surface area contributed by atoms with Gasteiger partial charge in [0.1, 0.15) is 35.1 Å². The Morgan fingerprint density at radius 3 is 1.85 bits per heavy atom. The standard InChI is InChI=1S/C60H46N4O2/c1-60(2,3)44-32-33-61-56(36-44)64-54-38-46(30-31-50(54)59-58(64)51-24-13-16-29-55(51)66-59)65-47-35-43(40-18-7-4-8-19-40)34-45(37-47)62-39-63(53-28-15-14-27-52(53)62)57-48(41-20-9-5-10-21-41)25-17-26-49(57)42-22-11-6-12-23-42/h4-38H,39H2,1-3H3. The SMILES string of the molecule is CC(C)(C)c1ccnc(-n2c3cc(Oc4cc(-c5ccccc5)cc(N5CN(c6c(-c7ccccc7)cccc6-c6ccccc6)c6ccccc65)c4)ccc3c3oc4ccccc4c32)c1. The van der Waals surface area contributed by atoms with Gasteiger partial charge in [-0.05, 0) is 93.9 Å². The molecule has 0 fully saturated rings. The van der Waals surface area contributed by atoms with Gasteiger partial charge in [-0.3, -0.25) is 4.57 Å². The molecule has 1 aliphatic heterocycles. The molecule has 0 N–H and O–H groups in total. The lowest BCUT2D eigenvalue weighted by molar-refractivity contribution is 0.483. The predicted octanol–water partition coefficient (Wildman–Crippen LogP) is 16.3. The third-order valence-corrected chi connectivity index (χ3v) is 12.9.